The number of benzene rings is 2. The van der Waals surface area contributed by atoms with Crippen molar-refractivity contribution in [3.8, 4) is 11.1 Å². The first kappa shape index (κ1) is 15.8. The highest BCUT2D eigenvalue weighted by Crippen LogP contribution is 2.27. The molecule has 0 fully saturated rings. The van der Waals surface area contributed by atoms with Crippen molar-refractivity contribution in [2.75, 3.05) is 13.1 Å². The van der Waals surface area contributed by atoms with Crippen LogP contribution in [0.25, 0.3) is 11.1 Å². The molecule has 0 saturated carbocycles. The van der Waals surface area contributed by atoms with E-state index in [0.29, 0.717) is 29.8 Å². The molecule has 2 N–H and O–H groups in total. The van der Waals surface area contributed by atoms with E-state index < -0.39 is 5.91 Å². The van der Waals surface area contributed by atoms with Crippen LogP contribution in [0.2, 0.25) is 0 Å². The van der Waals surface area contributed by atoms with Crippen molar-refractivity contribution in [1.82, 2.24) is 4.90 Å². The third-order valence-electron chi connectivity index (χ3n) is 3.69. The molecule has 0 atom stereocenters. The number of carbonyl (C=O) groups excluding carboxylic acids is 2. The number of rotatable bonds is 5. The standard InChI is InChI=1S/C18H20N2O2/c1-3-20(4-2)18(22)16-12-8-6-10-14(16)13-9-5-7-11-15(13)17(19)21/h5-12H,3-4H2,1-2H3,(H2,19,21). The van der Waals surface area contributed by atoms with E-state index in [1.807, 2.05) is 44.2 Å². The third-order valence-corrected chi connectivity index (χ3v) is 3.69. The van der Waals surface area contributed by atoms with Gasteiger partial charge in [-0.25, -0.2) is 0 Å². The number of hydrogen-bond donors (Lipinski definition) is 1. The molecule has 2 aromatic carbocycles. The first-order valence-electron chi connectivity index (χ1n) is 7.37. The quantitative estimate of drug-likeness (QED) is 0.922. The fraction of sp³-hybridized carbons (Fsp3) is 0.222. The molecule has 2 amide bonds. The summed E-state index contributed by atoms with van der Waals surface area (Å²) in [5.41, 5.74) is 7.87. The molecule has 0 unspecified atom stereocenters. The maximum Gasteiger partial charge on any atom is 0.254 e. The van der Waals surface area contributed by atoms with Crippen molar-refractivity contribution in [2.24, 2.45) is 5.73 Å². The number of amides is 2. The van der Waals surface area contributed by atoms with E-state index in [1.54, 1.807) is 23.1 Å². The van der Waals surface area contributed by atoms with Gasteiger partial charge in [0.05, 0.1) is 0 Å². The van der Waals surface area contributed by atoms with E-state index in [-0.39, 0.29) is 5.91 Å². The van der Waals surface area contributed by atoms with Crippen molar-refractivity contribution in [1.29, 1.82) is 0 Å². The zero-order valence-corrected chi connectivity index (χ0v) is 12.9. The van der Waals surface area contributed by atoms with Gasteiger partial charge in [0.25, 0.3) is 5.91 Å². The first-order chi connectivity index (χ1) is 10.6. The van der Waals surface area contributed by atoms with Crippen LogP contribution in [0.5, 0.6) is 0 Å². The lowest BCUT2D eigenvalue weighted by molar-refractivity contribution is 0.0773. The van der Waals surface area contributed by atoms with Crippen LogP contribution in [0.15, 0.2) is 48.5 Å². The maximum atomic E-state index is 12.7. The molecule has 4 heteroatoms. The fourth-order valence-corrected chi connectivity index (χ4v) is 2.52. The minimum atomic E-state index is -0.499. The molecule has 0 bridgehead atoms. The van der Waals surface area contributed by atoms with Gasteiger partial charge in [-0.2, -0.15) is 0 Å². The number of nitrogens with two attached hydrogens (primary N) is 1. The van der Waals surface area contributed by atoms with Crippen LogP contribution in [-0.4, -0.2) is 29.8 Å². The highest BCUT2D eigenvalue weighted by molar-refractivity contribution is 6.05. The first-order valence-corrected chi connectivity index (χ1v) is 7.37. The van der Waals surface area contributed by atoms with Gasteiger partial charge in [-0.1, -0.05) is 36.4 Å². The summed E-state index contributed by atoms with van der Waals surface area (Å²) in [5.74, 6) is -0.541. The van der Waals surface area contributed by atoms with Crippen molar-refractivity contribution in [3.63, 3.8) is 0 Å². The molecular formula is C18H20N2O2. The van der Waals surface area contributed by atoms with Crippen molar-refractivity contribution in [2.45, 2.75) is 13.8 Å². The van der Waals surface area contributed by atoms with Crippen LogP contribution in [0.3, 0.4) is 0 Å². The molecule has 2 aromatic rings. The second-order valence-electron chi connectivity index (χ2n) is 4.93. The predicted octanol–water partition coefficient (Wildman–Crippen LogP) is 2.93. The molecule has 2 rings (SSSR count). The van der Waals surface area contributed by atoms with Gasteiger partial charge in [0.1, 0.15) is 0 Å². The number of carbonyl (C=O) groups is 2. The van der Waals surface area contributed by atoms with Crippen LogP contribution in [0, 0.1) is 0 Å². The molecular weight excluding hydrogens is 276 g/mol. The Morgan fingerprint density at radius 3 is 1.82 bits per heavy atom. The lowest BCUT2D eigenvalue weighted by atomic mass is 9.94. The minimum Gasteiger partial charge on any atom is -0.366 e. The molecule has 4 nitrogen and oxygen atoms in total. The fourth-order valence-electron chi connectivity index (χ4n) is 2.52. The van der Waals surface area contributed by atoms with Crippen LogP contribution >= 0.6 is 0 Å². The molecule has 0 aliphatic heterocycles. The Morgan fingerprint density at radius 2 is 1.32 bits per heavy atom. The summed E-state index contributed by atoms with van der Waals surface area (Å²) in [6.07, 6.45) is 0. The average Bonchev–Trinajstić information content (AvgIpc) is 2.55. The maximum absolute atomic E-state index is 12.7. The second-order valence-corrected chi connectivity index (χ2v) is 4.93. The molecule has 0 radical (unpaired) electrons. The summed E-state index contributed by atoms with van der Waals surface area (Å²) < 4.78 is 0. The predicted molar refractivity (Wildman–Crippen MR) is 87.6 cm³/mol. The van der Waals surface area contributed by atoms with E-state index in [1.165, 1.54) is 0 Å². The zero-order chi connectivity index (χ0) is 16.1. The SMILES string of the molecule is CCN(CC)C(=O)c1ccccc1-c1ccccc1C(N)=O. The Kier molecular flexibility index (Phi) is 4.94. The van der Waals surface area contributed by atoms with Gasteiger partial charge in [-0.05, 0) is 37.1 Å². The normalized spacial score (nSPS) is 10.3. The van der Waals surface area contributed by atoms with E-state index in [4.69, 9.17) is 5.73 Å². The van der Waals surface area contributed by atoms with E-state index in [0.717, 1.165) is 5.56 Å². The summed E-state index contributed by atoms with van der Waals surface area (Å²) in [6.45, 7) is 5.17. The number of primary amides is 1. The molecule has 22 heavy (non-hydrogen) atoms. The average molecular weight is 296 g/mol. The Balaban J connectivity index is 2.59. The molecule has 0 aliphatic carbocycles. The lowest BCUT2D eigenvalue weighted by Gasteiger charge is -2.21. The van der Waals surface area contributed by atoms with Crippen LogP contribution in [-0.2, 0) is 0 Å². The summed E-state index contributed by atoms with van der Waals surface area (Å²) in [7, 11) is 0. The van der Waals surface area contributed by atoms with Crippen LogP contribution in [0.4, 0.5) is 0 Å². The second kappa shape index (κ2) is 6.89. The smallest absolute Gasteiger partial charge is 0.254 e. The molecule has 0 spiro atoms. The summed E-state index contributed by atoms with van der Waals surface area (Å²) in [6, 6.07) is 14.4. The largest absolute Gasteiger partial charge is 0.366 e. The molecule has 114 valence electrons. The van der Waals surface area contributed by atoms with E-state index in [2.05, 4.69) is 0 Å². The van der Waals surface area contributed by atoms with Gasteiger partial charge < -0.3 is 10.6 Å². The van der Waals surface area contributed by atoms with Crippen molar-refractivity contribution >= 4 is 11.8 Å². The lowest BCUT2D eigenvalue weighted by Crippen LogP contribution is -2.30. The zero-order valence-electron chi connectivity index (χ0n) is 12.9. The van der Waals surface area contributed by atoms with Gasteiger partial charge in [0, 0.05) is 24.2 Å². The third kappa shape index (κ3) is 3.01. The van der Waals surface area contributed by atoms with Crippen LogP contribution in [0.1, 0.15) is 34.6 Å². The van der Waals surface area contributed by atoms with Gasteiger partial charge in [0.15, 0.2) is 0 Å². The minimum absolute atomic E-state index is 0.0418. The van der Waals surface area contributed by atoms with Gasteiger partial charge in [0.2, 0.25) is 5.91 Å². The van der Waals surface area contributed by atoms with Gasteiger partial charge >= 0.3 is 0 Å². The molecule has 0 aromatic heterocycles. The van der Waals surface area contributed by atoms with E-state index in [9.17, 15) is 9.59 Å². The Hall–Kier alpha value is -2.62. The molecule has 0 heterocycles. The van der Waals surface area contributed by atoms with Crippen molar-refractivity contribution < 1.29 is 9.59 Å². The number of nitrogens with zero attached hydrogens (tertiary/aromatic N) is 1. The molecule has 0 saturated heterocycles. The highest BCUT2D eigenvalue weighted by atomic mass is 16.2. The Bertz CT molecular complexity index is 691. The molecule has 0 aliphatic rings. The van der Waals surface area contributed by atoms with Gasteiger partial charge in [-0.15, -0.1) is 0 Å². The topological polar surface area (TPSA) is 63.4 Å². The summed E-state index contributed by atoms with van der Waals surface area (Å²) in [5, 5.41) is 0. The number of hydrogen-bond acceptors (Lipinski definition) is 2. The Morgan fingerprint density at radius 1 is 0.864 bits per heavy atom. The summed E-state index contributed by atoms with van der Waals surface area (Å²) >= 11 is 0. The van der Waals surface area contributed by atoms with Crippen molar-refractivity contribution in [3.05, 3.63) is 59.7 Å². The Labute approximate surface area is 130 Å². The van der Waals surface area contributed by atoms with E-state index >= 15 is 0 Å². The monoisotopic (exact) mass is 296 g/mol. The summed E-state index contributed by atoms with van der Waals surface area (Å²) in [4.78, 5) is 26.1. The highest BCUT2D eigenvalue weighted by Gasteiger charge is 2.19. The van der Waals surface area contributed by atoms with Gasteiger partial charge in [-0.3, -0.25) is 9.59 Å². The van der Waals surface area contributed by atoms with Crippen LogP contribution < -0.4 is 5.73 Å².